The van der Waals surface area contributed by atoms with Gasteiger partial charge in [-0.2, -0.15) is 0 Å². The predicted molar refractivity (Wildman–Crippen MR) is 115 cm³/mol. The van der Waals surface area contributed by atoms with E-state index in [4.69, 9.17) is 9.72 Å². The summed E-state index contributed by atoms with van der Waals surface area (Å²) in [5.74, 6) is 0.432. The van der Waals surface area contributed by atoms with Gasteiger partial charge in [0.2, 0.25) is 0 Å². The van der Waals surface area contributed by atoms with Crippen molar-refractivity contribution >= 4 is 16.9 Å². The number of aromatic nitrogens is 3. The van der Waals surface area contributed by atoms with Crippen molar-refractivity contribution in [1.82, 2.24) is 19.9 Å². The van der Waals surface area contributed by atoms with Crippen molar-refractivity contribution in [2.45, 2.75) is 19.5 Å². The number of carbonyl (C=O) groups is 1. The number of benzene rings is 2. The summed E-state index contributed by atoms with van der Waals surface area (Å²) >= 11 is 0. The van der Waals surface area contributed by atoms with E-state index in [2.05, 4.69) is 14.9 Å². The maximum atomic E-state index is 12.3. The van der Waals surface area contributed by atoms with Crippen molar-refractivity contribution in [1.29, 1.82) is 0 Å². The minimum atomic E-state index is -0.338. The molecule has 0 amide bonds. The van der Waals surface area contributed by atoms with Gasteiger partial charge in [0.15, 0.2) is 5.82 Å². The van der Waals surface area contributed by atoms with Gasteiger partial charge in [0.05, 0.1) is 12.8 Å². The van der Waals surface area contributed by atoms with Crippen LogP contribution in [0.4, 0.5) is 0 Å². The first-order valence-corrected chi connectivity index (χ1v) is 10.0. The van der Waals surface area contributed by atoms with E-state index in [0.717, 1.165) is 58.6 Å². The second kappa shape index (κ2) is 7.72. The van der Waals surface area contributed by atoms with Gasteiger partial charge in [0.1, 0.15) is 5.69 Å². The van der Waals surface area contributed by atoms with Gasteiger partial charge >= 0.3 is 5.97 Å². The number of ether oxygens (including phenoxy) is 1. The van der Waals surface area contributed by atoms with Crippen LogP contribution < -0.4 is 0 Å². The van der Waals surface area contributed by atoms with Gasteiger partial charge in [0.25, 0.3) is 0 Å². The summed E-state index contributed by atoms with van der Waals surface area (Å²) in [6.45, 7) is 2.29. The minimum absolute atomic E-state index is 0.338. The molecule has 5 rings (SSSR count). The molecule has 2 aromatic carbocycles. The third kappa shape index (κ3) is 3.35. The fraction of sp³-hybridized carbons (Fsp3) is 0.208. The number of esters is 1. The predicted octanol–water partition coefficient (Wildman–Crippen LogP) is 3.97. The molecule has 30 heavy (non-hydrogen) atoms. The molecule has 6 nitrogen and oxygen atoms in total. The van der Waals surface area contributed by atoms with Crippen molar-refractivity contribution in [3.05, 3.63) is 83.3 Å². The van der Waals surface area contributed by atoms with Gasteiger partial charge in [-0.05, 0) is 6.07 Å². The summed E-state index contributed by atoms with van der Waals surface area (Å²) in [5.41, 5.74) is 5.72. The van der Waals surface area contributed by atoms with Crippen molar-refractivity contribution in [3.8, 4) is 11.4 Å². The molecule has 0 aliphatic carbocycles. The van der Waals surface area contributed by atoms with Crippen LogP contribution in [-0.4, -0.2) is 39.5 Å². The SMILES string of the molecule is COC(=O)c1[nH]c2ccccc2c1CN1CCc2nc(-c3ccccc3)ncc2C1. The Kier molecular flexibility index (Phi) is 4.77. The number of carbonyl (C=O) groups excluding carboxylic acids is 1. The Morgan fingerprint density at radius 1 is 1.13 bits per heavy atom. The van der Waals surface area contributed by atoms with Crippen LogP contribution >= 0.6 is 0 Å². The minimum Gasteiger partial charge on any atom is -0.464 e. The second-order valence-corrected chi connectivity index (χ2v) is 7.51. The average Bonchev–Trinajstić information content (AvgIpc) is 3.17. The second-order valence-electron chi connectivity index (χ2n) is 7.51. The molecule has 0 fully saturated rings. The van der Waals surface area contributed by atoms with Crippen LogP contribution in [0.2, 0.25) is 0 Å². The molecule has 1 N–H and O–H groups in total. The summed E-state index contributed by atoms with van der Waals surface area (Å²) in [7, 11) is 1.41. The number of aromatic amines is 1. The maximum absolute atomic E-state index is 12.3. The van der Waals surface area contributed by atoms with E-state index < -0.39 is 0 Å². The van der Waals surface area contributed by atoms with Gasteiger partial charge in [-0.15, -0.1) is 0 Å². The highest BCUT2D eigenvalue weighted by Crippen LogP contribution is 2.27. The van der Waals surface area contributed by atoms with Crippen LogP contribution in [0.5, 0.6) is 0 Å². The highest BCUT2D eigenvalue weighted by molar-refractivity contribution is 5.98. The quantitative estimate of drug-likeness (QED) is 0.527. The van der Waals surface area contributed by atoms with Gasteiger partial charge in [-0.25, -0.2) is 14.8 Å². The molecule has 0 atom stereocenters. The molecule has 0 radical (unpaired) electrons. The van der Waals surface area contributed by atoms with E-state index in [1.54, 1.807) is 0 Å². The van der Waals surface area contributed by atoms with E-state index in [1.165, 1.54) is 7.11 Å². The van der Waals surface area contributed by atoms with Crippen LogP contribution in [0, 0.1) is 0 Å². The Balaban J connectivity index is 1.42. The summed E-state index contributed by atoms with van der Waals surface area (Å²) in [6, 6.07) is 18.0. The molecular formula is C24H22N4O2. The molecule has 2 aromatic heterocycles. The molecule has 1 aliphatic rings. The lowest BCUT2D eigenvalue weighted by atomic mass is 10.0. The number of rotatable bonds is 4. The van der Waals surface area contributed by atoms with Crippen LogP contribution in [0.3, 0.4) is 0 Å². The molecule has 1 aliphatic heterocycles. The van der Waals surface area contributed by atoms with E-state index in [-0.39, 0.29) is 5.97 Å². The third-order valence-electron chi connectivity index (χ3n) is 5.63. The Bertz CT molecular complexity index is 1220. The lowest BCUT2D eigenvalue weighted by Crippen LogP contribution is -2.31. The highest BCUT2D eigenvalue weighted by atomic mass is 16.5. The molecular weight excluding hydrogens is 376 g/mol. The first-order valence-electron chi connectivity index (χ1n) is 10.0. The van der Waals surface area contributed by atoms with Gasteiger partial charge in [0, 0.05) is 59.8 Å². The van der Waals surface area contributed by atoms with Crippen molar-refractivity contribution in [2.75, 3.05) is 13.7 Å². The first kappa shape index (κ1) is 18.5. The molecule has 0 spiro atoms. The molecule has 0 saturated heterocycles. The largest absolute Gasteiger partial charge is 0.464 e. The van der Waals surface area contributed by atoms with Crippen molar-refractivity contribution in [2.24, 2.45) is 0 Å². The topological polar surface area (TPSA) is 71.1 Å². The Morgan fingerprint density at radius 3 is 2.77 bits per heavy atom. The van der Waals surface area contributed by atoms with E-state index >= 15 is 0 Å². The fourth-order valence-electron chi connectivity index (χ4n) is 4.10. The summed E-state index contributed by atoms with van der Waals surface area (Å²) in [5, 5.41) is 1.05. The molecule has 6 heteroatoms. The molecule has 0 bridgehead atoms. The molecule has 0 unspecified atom stereocenters. The number of nitrogens with one attached hydrogen (secondary N) is 1. The number of hydrogen-bond donors (Lipinski definition) is 1. The number of methoxy groups -OCH3 is 1. The van der Waals surface area contributed by atoms with Crippen LogP contribution in [0.1, 0.15) is 27.3 Å². The van der Waals surface area contributed by atoms with E-state index in [9.17, 15) is 4.79 Å². The summed E-state index contributed by atoms with van der Waals surface area (Å²) < 4.78 is 5.00. The first-order chi connectivity index (χ1) is 14.7. The zero-order valence-corrected chi connectivity index (χ0v) is 16.8. The zero-order chi connectivity index (χ0) is 20.5. The van der Waals surface area contributed by atoms with Gasteiger partial charge < -0.3 is 9.72 Å². The monoisotopic (exact) mass is 398 g/mol. The van der Waals surface area contributed by atoms with Crippen LogP contribution in [0.15, 0.2) is 60.8 Å². The molecule has 150 valence electrons. The molecule has 3 heterocycles. The van der Waals surface area contributed by atoms with Gasteiger partial charge in [-0.3, -0.25) is 4.90 Å². The Labute approximate surface area is 174 Å². The Morgan fingerprint density at radius 2 is 1.93 bits per heavy atom. The lowest BCUT2D eigenvalue weighted by molar-refractivity contribution is 0.0592. The number of hydrogen-bond acceptors (Lipinski definition) is 5. The average molecular weight is 398 g/mol. The van der Waals surface area contributed by atoms with Crippen LogP contribution in [0.25, 0.3) is 22.3 Å². The number of nitrogens with zero attached hydrogens (tertiary/aromatic N) is 3. The lowest BCUT2D eigenvalue weighted by Gasteiger charge is -2.28. The zero-order valence-electron chi connectivity index (χ0n) is 16.8. The highest BCUT2D eigenvalue weighted by Gasteiger charge is 2.24. The fourth-order valence-corrected chi connectivity index (χ4v) is 4.10. The van der Waals surface area contributed by atoms with Crippen LogP contribution in [-0.2, 0) is 24.2 Å². The standard InChI is InChI=1S/C24H22N4O2/c1-30-24(29)22-19(18-9-5-6-10-21(18)26-22)15-28-12-11-20-17(14-28)13-25-23(27-20)16-7-3-2-4-8-16/h2-10,13,26H,11-12,14-15H2,1H3. The number of fused-ring (bicyclic) bond motifs is 2. The molecule has 4 aromatic rings. The van der Waals surface area contributed by atoms with E-state index in [1.807, 2.05) is 60.8 Å². The summed E-state index contributed by atoms with van der Waals surface area (Å²) in [4.78, 5) is 27.3. The van der Waals surface area contributed by atoms with Crippen molar-refractivity contribution in [3.63, 3.8) is 0 Å². The Hall–Kier alpha value is -3.51. The van der Waals surface area contributed by atoms with Crippen molar-refractivity contribution < 1.29 is 9.53 Å². The van der Waals surface area contributed by atoms with E-state index in [0.29, 0.717) is 12.2 Å². The normalized spacial score (nSPS) is 13.9. The maximum Gasteiger partial charge on any atom is 0.354 e. The smallest absolute Gasteiger partial charge is 0.354 e. The third-order valence-corrected chi connectivity index (χ3v) is 5.63. The number of H-pyrrole nitrogens is 1. The number of para-hydroxylation sites is 1. The summed E-state index contributed by atoms with van der Waals surface area (Å²) in [6.07, 6.45) is 2.79. The van der Waals surface area contributed by atoms with Gasteiger partial charge in [-0.1, -0.05) is 48.5 Å². The molecule has 0 saturated carbocycles.